The van der Waals surface area contributed by atoms with E-state index in [1.54, 1.807) is 6.07 Å². The van der Waals surface area contributed by atoms with Gasteiger partial charge in [-0.3, -0.25) is 0 Å². The highest BCUT2D eigenvalue weighted by atomic mass is 32.2. The summed E-state index contributed by atoms with van der Waals surface area (Å²) >= 11 is 0. The van der Waals surface area contributed by atoms with Crippen molar-refractivity contribution in [1.82, 2.24) is 4.31 Å². The maximum Gasteiger partial charge on any atom is 0.217 e. The van der Waals surface area contributed by atoms with Gasteiger partial charge in [-0.25, -0.2) is 17.1 Å². The molecule has 0 unspecified atom stereocenters. The molecule has 0 saturated heterocycles. The molecule has 0 amide bonds. The Morgan fingerprint density at radius 3 is 2.50 bits per heavy atom. The first-order valence-corrected chi connectivity index (χ1v) is 5.67. The van der Waals surface area contributed by atoms with E-state index in [2.05, 4.69) is 0 Å². The van der Waals surface area contributed by atoms with Crippen molar-refractivity contribution in [2.75, 3.05) is 14.1 Å². The van der Waals surface area contributed by atoms with Gasteiger partial charge in [0.05, 0.1) is 5.75 Å². The van der Waals surface area contributed by atoms with Crippen molar-refractivity contribution < 1.29 is 12.8 Å². The SMILES string of the molecule is CN(C)S(=O)(=O)Cc1cccc(F)c1. The minimum atomic E-state index is -3.30. The summed E-state index contributed by atoms with van der Waals surface area (Å²) in [7, 11) is -0.395. The standard InChI is InChI=1S/C9H12FNO2S/c1-11(2)14(12,13)7-8-4-3-5-9(10)6-8/h3-6H,7H2,1-2H3. The third-order valence-electron chi connectivity index (χ3n) is 1.79. The van der Waals surface area contributed by atoms with Crippen LogP contribution in [0.25, 0.3) is 0 Å². The van der Waals surface area contributed by atoms with E-state index in [1.165, 1.54) is 32.3 Å². The average Bonchev–Trinajstić information content (AvgIpc) is 2.02. The second-order valence-electron chi connectivity index (χ2n) is 3.17. The van der Waals surface area contributed by atoms with Crippen molar-refractivity contribution in [2.24, 2.45) is 0 Å². The van der Waals surface area contributed by atoms with Crippen LogP contribution in [0.3, 0.4) is 0 Å². The number of halogens is 1. The molecule has 0 bridgehead atoms. The van der Waals surface area contributed by atoms with Gasteiger partial charge in [0.1, 0.15) is 5.82 Å². The molecule has 0 aliphatic heterocycles. The molecule has 0 heterocycles. The lowest BCUT2D eigenvalue weighted by molar-refractivity contribution is 0.519. The molecule has 0 radical (unpaired) electrons. The fourth-order valence-corrected chi connectivity index (χ4v) is 1.83. The predicted molar refractivity (Wildman–Crippen MR) is 52.7 cm³/mol. The fourth-order valence-electron chi connectivity index (χ4n) is 0.966. The lowest BCUT2D eigenvalue weighted by Crippen LogP contribution is -2.23. The molecule has 0 aliphatic rings. The first kappa shape index (κ1) is 11.1. The number of benzene rings is 1. The first-order chi connectivity index (χ1) is 6.42. The van der Waals surface area contributed by atoms with E-state index < -0.39 is 15.8 Å². The van der Waals surface area contributed by atoms with Crippen LogP contribution in [0.5, 0.6) is 0 Å². The highest BCUT2D eigenvalue weighted by molar-refractivity contribution is 7.88. The van der Waals surface area contributed by atoms with Crippen LogP contribution < -0.4 is 0 Å². The Labute approximate surface area is 83.2 Å². The molecule has 0 N–H and O–H groups in total. The molecule has 1 rings (SSSR count). The Hall–Kier alpha value is -0.940. The normalized spacial score (nSPS) is 12.0. The van der Waals surface area contributed by atoms with Crippen LogP contribution in [0.4, 0.5) is 4.39 Å². The van der Waals surface area contributed by atoms with Gasteiger partial charge < -0.3 is 0 Å². The molecule has 0 aliphatic carbocycles. The van der Waals surface area contributed by atoms with E-state index in [4.69, 9.17) is 0 Å². The molecule has 5 heteroatoms. The Bertz CT molecular complexity index is 415. The van der Waals surface area contributed by atoms with Gasteiger partial charge in [0.25, 0.3) is 0 Å². The maximum absolute atomic E-state index is 12.7. The van der Waals surface area contributed by atoms with Crippen molar-refractivity contribution >= 4 is 10.0 Å². The van der Waals surface area contributed by atoms with Gasteiger partial charge in [-0.2, -0.15) is 0 Å². The van der Waals surface area contributed by atoms with E-state index in [1.807, 2.05) is 0 Å². The number of nitrogens with zero attached hydrogens (tertiary/aromatic N) is 1. The molecule has 0 saturated carbocycles. The van der Waals surface area contributed by atoms with Crippen LogP contribution in [-0.4, -0.2) is 26.8 Å². The third kappa shape index (κ3) is 2.78. The molecule has 14 heavy (non-hydrogen) atoms. The van der Waals surface area contributed by atoms with Gasteiger partial charge in [0.2, 0.25) is 10.0 Å². The maximum atomic E-state index is 12.7. The number of hydrogen-bond donors (Lipinski definition) is 0. The zero-order valence-electron chi connectivity index (χ0n) is 8.07. The average molecular weight is 217 g/mol. The first-order valence-electron chi connectivity index (χ1n) is 4.06. The third-order valence-corrected chi connectivity index (χ3v) is 3.61. The Morgan fingerprint density at radius 2 is 2.00 bits per heavy atom. The van der Waals surface area contributed by atoms with E-state index >= 15 is 0 Å². The topological polar surface area (TPSA) is 37.4 Å². The smallest absolute Gasteiger partial charge is 0.212 e. The van der Waals surface area contributed by atoms with Gasteiger partial charge in [-0.05, 0) is 17.7 Å². The summed E-state index contributed by atoms with van der Waals surface area (Å²) in [6, 6.07) is 5.59. The van der Waals surface area contributed by atoms with E-state index in [0.717, 1.165) is 4.31 Å². The zero-order valence-corrected chi connectivity index (χ0v) is 8.88. The quantitative estimate of drug-likeness (QED) is 0.763. The monoisotopic (exact) mass is 217 g/mol. The second-order valence-corrected chi connectivity index (χ2v) is 5.35. The number of hydrogen-bond acceptors (Lipinski definition) is 2. The number of sulfonamides is 1. The van der Waals surface area contributed by atoms with Crippen molar-refractivity contribution in [3.05, 3.63) is 35.6 Å². The Balaban J connectivity index is 2.90. The van der Waals surface area contributed by atoms with Crippen molar-refractivity contribution in [3.8, 4) is 0 Å². The predicted octanol–water partition coefficient (Wildman–Crippen LogP) is 1.22. The fraction of sp³-hybridized carbons (Fsp3) is 0.333. The molecule has 0 fully saturated rings. The molecule has 78 valence electrons. The van der Waals surface area contributed by atoms with Crippen LogP contribution >= 0.6 is 0 Å². The van der Waals surface area contributed by atoms with Gasteiger partial charge in [-0.1, -0.05) is 12.1 Å². The van der Waals surface area contributed by atoms with Gasteiger partial charge in [-0.15, -0.1) is 0 Å². The zero-order chi connectivity index (χ0) is 10.8. The lowest BCUT2D eigenvalue weighted by Gasteiger charge is -2.10. The Kier molecular flexibility index (Phi) is 3.23. The molecule has 1 aromatic carbocycles. The van der Waals surface area contributed by atoms with Crippen molar-refractivity contribution in [2.45, 2.75) is 5.75 Å². The summed E-state index contributed by atoms with van der Waals surface area (Å²) in [5.74, 6) is -0.589. The minimum Gasteiger partial charge on any atom is -0.212 e. The second kappa shape index (κ2) is 4.06. The summed E-state index contributed by atoms with van der Waals surface area (Å²) in [6.07, 6.45) is 0. The largest absolute Gasteiger partial charge is 0.217 e. The minimum absolute atomic E-state index is 0.169. The van der Waals surface area contributed by atoms with Crippen LogP contribution in [0, 0.1) is 5.82 Å². The number of rotatable bonds is 3. The Morgan fingerprint density at radius 1 is 1.36 bits per heavy atom. The molecule has 0 spiro atoms. The van der Waals surface area contributed by atoms with Crippen LogP contribution in [-0.2, 0) is 15.8 Å². The van der Waals surface area contributed by atoms with Gasteiger partial charge >= 0.3 is 0 Å². The van der Waals surface area contributed by atoms with E-state index in [9.17, 15) is 12.8 Å². The van der Waals surface area contributed by atoms with Crippen LogP contribution in [0.15, 0.2) is 24.3 Å². The molecule has 1 aromatic rings. The molecular weight excluding hydrogens is 205 g/mol. The summed E-state index contributed by atoms with van der Waals surface area (Å²) in [4.78, 5) is 0. The van der Waals surface area contributed by atoms with Gasteiger partial charge in [0.15, 0.2) is 0 Å². The molecule has 3 nitrogen and oxygen atoms in total. The van der Waals surface area contributed by atoms with Crippen LogP contribution in [0.1, 0.15) is 5.56 Å². The highest BCUT2D eigenvalue weighted by Gasteiger charge is 2.14. The highest BCUT2D eigenvalue weighted by Crippen LogP contribution is 2.09. The summed E-state index contributed by atoms with van der Waals surface area (Å²) < 4.78 is 36.7. The van der Waals surface area contributed by atoms with Crippen molar-refractivity contribution in [1.29, 1.82) is 0 Å². The van der Waals surface area contributed by atoms with E-state index in [-0.39, 0.29) is 5.75 Å². The van der Waals surface area contributed by atoms with E-state index in [0.29, 0.717) is 5.56 Å². The van der Waals surface area contributed by atoms with Crippen LogP contribution in [0.2, 0.25) is 0 Å². The molecular formula is C9H12FNO2S. The molecule has 0 aromatic heterocycles. The summed E-state index contributed by atoms with van der Waals surface area (Å²) in [5.41, 5.74) is 0.457. The van der Waals surface area contributed by atoms with Gasteiger partial charge in [0, 0.05) is 14.1 Å². The summed E-state index contributed by atoms with van der Waals surface area (Å²) in [5, 5.41) is 0. The summed E-state index contributed by atoms with van der Waals surface area (Å²) in [6.45, 7) is 0. The molecule has 0 atom stereocenters. The van der Waals surface area contributed by atoms with Crippen molar-refractivity contribution in [3.63, 3.8) is 0 Å². The lowest BCUT2D eigenvalue weighted by atomic mass is 10.2.